The fourth-order valence-electron chi connectivity index (χ4n) is 5.10. The second-order valence-electron chi connectivity index (χ2n) is 8.95. The number of nitrogens with one attached hydrogen (secondary N) is 1. The third-order valence-corrected chi connectivity index (χ3v) is 6.79. The van der Waals surface area contributed by atoms with Crippen molar-refractivity contribution in [3.8, 4) is 5.75 Å². The zero-order valence-electron chi connectivity index (χ0n) is 20.1. The summed E-state index contributed by atoms with van der Waals surface area (Å²) in [4.78, 5) is 31.8. The van der Waals surface area contributed by atoms with E-state index in [4.69, 9.17) is 4.74 Å². The summed E-state index contributed by atoms with van der Waals surface area (Å²) >= 11 is 0. The fourth-order valence-corrected chi connectivity index (χ4v) is 5.10. The number of fused-ring (bicyclic) bond motifs is 2. The highest BCUT2D eigenvalue weighted by molar-refractivity contribution is 6.52. The molecule has 5 aromatic rings. The molecule has 1 atom stereocenters. The first-order chi connectivity index (χ1) is 18.1. The van der Waals surface area contributed by atoms with Gasteiger partial charge in [-0.2, -0.15) is 0 Å². The molecule has 1 saturated heterocycles. The molecule has 6 nitrogen and oxygen atoms in total. The number of aliphatic hydroxyl groups is 1. The summed E-state index contributed by atoms with van der Waals surface area (Å²) in [7, 11) is 0. The molecule has 182 valence electrons. The summed E-state index contributed by atoms with van der Waals surface area (Å²) in [5.41, 5.74) is 2.63. The predicted octanol–water partition coefficient (Wildman–Crippen LogP) is 6.35. The summed E-state index contributed by atoms with van der Waals surface area (Å²) in [6.07, 6.45) is 1.80. The quantitative estimate of drug-likeness (QED) is 0.172. The standard InChI is InChI=1S/C31H24N2O4/c1-2-37-23-11-7-10-22(17-23)33-28(25-18-32-26-13-6-5-12-24(25)26)27(30(35)31(33)36)29(34)21-15-14-19-8-3-4-9-20(19)16-21/h3-18,28,32,34H,2H2,1H3/b29-27+. The van der Waals surface area contributed by atoms with Gasteiger partial charge in [0, 0.05) is 40.0 Å². The first-order valence-electron chi connectivity index (χ1n) is 12.2. The molecule has 37 heavy (non-hydrogen) atoms. The molecular weight excluding hydrogens is 464 g/mol. The van der Waals surface area contributed by atoms with Gasteiger partial charge in [0.2, 0.25) is 0 Å². The third-order valence-electron chi connectivity index (χ3n) is 6.79. The summed E-state index contributed by atoms with van der Waals surface area (Å²) in [6, 6.07) is 27.3. The lowest BCUT2D eigenvalue weighted by molar-refractivity contribution is -0.132. The molecule has 6 heteroatoms. The highest BCUT2D eigenvalue weighted by Crippen LogP contribution is 2.45. The molecule has 0 saturated carbocycles. The number of benzene rings is 4. The number of ketones is 1. The van der Waals surface area contributed by atoms with Gasteiger partial charge in [-0.05, 0) is 42.0 Å². The fraction of sp³-hybridized carbons (Fsp3) is 0.0968. The second-order valence-corrected chi connectivity index (χ2v) is 8.95. The number of hydrogen-bond acceptors (Lipinski definition) is 4. The van der Waals surface area contributed by atoms with Crippen molar-refractivity contribution in [2.75, 3.05) is 11.5 Å². The van der Waals surface area contributed by atoms with Gasteiger partial charge >= 0.3 is 0 Å². The number of ether oxygens (including phenoxy) is 1. The van der Waals surface area contributed by atoms with E-state index in [0.717, 1.165) is 27.2 Å². The van der Waals surface area contributed by atoms with Gasteiger partial charge in [0.1, 0.15) is 11.5 Å². The molecule has 4 aromatic carbocycles. The maximum Gasteiger partial charge on any atom is 0.300 e. The van der Waals surface area contributed by atoms with Gasteiger partial charge in [-0.15, -0.1) is 0 Å². The van der Waals surface area contributed by atoms with Crippen molar-refractivity contribution >= 4 is 44.8 Å². The average molecular weight is 489 g/mol. The first kappa shape index (κ1) is 22.6. The van der Waals surface area contributed by atoms with Gasteiger partial charge in [-0.25, -0.2) is 0 Å². The summed E-state index contributed by atoms with van der Waals surface area (Å²) in [6.45, 7) is 2.35. The van der Waals surface area contributed by atoms with Gasteiger partial charge in [-0.3, -0.25) is 14.5 Å². The number of aromatic amines is 1. The van der Waals surface area contributed by atoms with Crippen LogP contribution in [-0.4, -0.2) is 28.4 Å². The molecule has 1 aliphatic rings. The van der Waals surface area contributed by atoms with Crippen LogP contribution in [0.3, 0.4) is 0 Å². The molecule has 1 fully saturated rings. The number of H-pyrrole nitrogens is 1. The number of aliphatic hydroxyl groups excluding tert-OH is 1. The minimum absolute atomic E-state index is 0.0480. The summed E-state index contributed by atoms with van der Waals surface area (Å²) in [5.74, 6) is -1.05. The Bertz CT molecular complexity index is 1720. The number of nitrogens with zero attached hydrogens (tertiary/aromatic N) is 1. The zero-order valence-corrected chi connectivity index (χ0v) is 20.1. The van der Waals surface area contributed by atoms with Crippen LogP contribution in [0, 0.1) is 0 Å². The maximum atomic E-state index is 13.6. The van der Waals surface area contributed by atoms with E-state index in [0.29, 0.717) is 23.6 Å². The van der Waals surface area contributed by atoms with Crippen LogP contribution >= 0.6 is 0 Å². The van der Waals surface area contributed by atoms with Crippen molar-refractivity contribution in [1.29, 1.82) is 0 Å². The lowest BCUT2D eigenvalue weighted by Gasteiger charge is -2.25. The van der Waals surface area contributed by atoms with E-state index in [-0.39, 0.29) is 11.3 Å². The average Bonchev–Trinajstić information content (AvgIpc) is 3.46. The number of anilines is 1. The monoisotopic (exact) mass is 488 g/mol. The van der Waals surface area contributed by atoms with E-state index in [2.05, 4.69) is 4.98 Å². The molecule has 1 aromatic heterocycles. The summed E-state index contributed by atoms with van der Waals surface area (Å²) in [5, 5.41) is 14.4. The molecule has 6 rings (SSSR count). The van der Waals surface area contributed by atoms with E-state index in [9.17, 15) is 14.7 Å². The first-order valence-corrected chi connectivity index (χ1v) is 12.2. The molecule has 1 aliphatic heterocycles. The van der Waals surface area contributed by atoms with E-state index in [1.807, 2.05) is 67.6 Å². The van der Waals surface area contributed by atoms with Gasteiger partial charge in [0.25, 0.3) is 11.7 Å². The number of hydrogen-bond donors (Lipinski definition) is 2. The number of rotatable bonds is 5. The zero-order chi connectivity index (χ0) is 25.5. The van der Waals surface area contributed by atoms with E-state index in [1.165, 1.54) is 4.90 Å². The van der Waals surface area contributed by atoms with Crippen molar-refractivity contribution < 1.29 is 19.4 Å². The topological polar surface area (TPSA) is 82.6 Å². The molecular formula is C31H24N2O4. The van der Waals surface area contributed by atoms with Crippen molar-refractivity contribution in [1.82, 2.24) is 4.98 Å². The SMILES string of the molecule is CCOc1cccc(N2C(=O)C(=O)/C(=C(/O)c3ccc4ccccc4c3)C2c2c[nH]c3ccccc23)c1. The van der Waals surface area contributed by atoms with E-state index < -0.39 is 17.7 Å². The van der Waals surface area contributed by atoms with Crippen molar-refractivity contribution in [3.05, 3.63) is 114 Å². The number of Topliss-reactive ketones (excluding diaryl/α,β-unsaturated/α-hetero) is 1. The van der Waals surface area contributed by atoms with Gasteiger partial charge in [0.15, 0.2) is 0 Å². The Morgan fingerprint density at radius 1 is 0.919 bits per heavy atom. The molecule has 1 unspecified atom stereocenters. The molecule has 0 radical (unpaired) electrons. The van der Waals surface area contributed by atoms with Crippen molar-refractivity contribution in [3.63, 3.8) is 0 Å². The molecule has 1 amide bonds. The number of carbonyl (C=O) groups is 2. The summed E-state index contributed by atoms with van der Waals surface area (Å²) < 4.78 is 5.66. The van der Waals surface area contributed by atoms with Crippen LogP contribution < -0.4 is 9.64 Å². The van der Waals surface area contributed by atoms with Crippen LogP contribution in [0.2, 0.25) is 0 Å². The van der Waals surface area contributed by atoms with Gasteiger partial charge < -0.3 is 14.8 Å². The Morgan fingerprint density at radius 3 is 2.54 bits per heavy atom. The van der Waals surface area contributed by atoms with Crippen LogP contribution in [0.5, 0.6) is 5.75 Å². The largest absolute Gasteiger partial charge is 0.507 e. The van der Waals surface area contributed by atoms with Crippen molar-refractivity contribution in [2.45, 2.75) is 13.0 Å². The lowest BCUT2D eigenvalue weighted by atomic mass is 9.94. The Balaban J connectivity index is 1.59. The number of aromatic nitrogens is 1. The Kier molecular flexibility index (Phi) is 5.49. The molecule has 2 heterocycles. The Morgan fingerprint density at radius 2 is 1.70 bits per heavy atom. The van der Waals surface area contributed by atoms with Gasteiger partial charge in [0.05, 0.1) is 18.2 Å². The minimum Gasteiger partial charge on any atom is -0.507 e. The van der Waals surface area contributed by atoms with E-state index in [1.54, 1.807) is 36.5 Å². The van der Waals surface area contributed by atoms with Crippen molar-refractivity contribution in [2.24, 2.45) is 0 Å². The Hall–Kier alpha value is -4.84. The molecule has 0 spiro atoms. The lowest BCUT2D eigenvalue weighted by Crippen LogP contribution is -2.29. The highest BCUT2D eigenvalue weighted by atomic mass is 16.5. The van der Waals surface area contributed by atoms with Crippen LogP contribution in [0.25, 0.3) is 27.4 Å². The molecule has 0 aliphatic carbocycles. The maximum absolute atomic E-state index is 13.6. The second kappa shape index (κ2) is 8.99. The normalized spacial score (nSPS) is 17.1. The van der Waals surface area contributed by atoms with Crippen LogP contribution in [0.1, 0.15) is 24.1 Å². The van der Waals surface area contributed by atoms with Gasteiger partial charge in [-0.1, -0.05) is 60.7 Å². The minimum atomic E-state index is -0.834. The van der Waals surface area contributed by atoms with Crippen LogP contribution in [0.4, 0.5) is 5.69 Å². The number of carbonyl (C=O) groups excluding carboxylic acids is 2. The Labute approximate surface area is 213 Å². The third kappa shape index (κ3) is 3.74. The van der Waals surface area contributed by atoms with E-state index >= 15 is 0 Å². The molecule has 2 N–H and O–H groups in total. The number of para-hydroxylation sites is 1. The predicted molar refractivity (Wildman–Crippen MR) is 145 cm³/mol. The van der Waals surface area contributed by atoms with Crippen LogP contribution in [-0.2, 0) is 9.59 Å². The smallest absolute Gasteiger partial charge is 0.300 e. The number of amides is 1. The van der Waals surface area contributed by atoms with Crippen LogP contribution in [0.15, 0.2) is 103 Å². The highest BCUT2D eigenvalue weighted by Gasteiger charge is 2.47. The molecule has 0 bridgehead atoms.